The Morgan fingerprint density at radius 1 is 1.21 bits per heavy atom. The highest BCUT2D eigenvalue weighted by atomic mass is 15.1. The number of aliphatic imine (C=N–C) groups is 1. The van der Waals surface area contributed by atoms with Crippen molar-refractivity contribution in [2.75, 3.05) is 27.2 Å². The van der Waals surface area contributed by atoms with E-state index in [1.54, 1.807) is 0 Å². The fourth-order valence-electron chi connectivity index (χ4n) is 1.19. The van der Waals surface area contributed by atoms with Gasteiger partial charge in [-0.2, -0.15) is 0 Å². The SMILES string of the molecule is CC(=NCCN(C)C)c1ccccc1. The molecule has 76 valence electrons. The molecule has 0 radical (unpaired) electrons. The van der Waals surface area contributed by atoms with Crippen LogP contribution in [0.4, 0.5) is 0 Å². The van der Waals surface area contributed by atoms with E-state index >= 15 is 0 Å². The second kappa shape index (κ2) is 5.55. The van der Waals surface area contributed by atoms with E-state index in [9.17, 15) is 0 Å². The summed E-state index contributed by atoms with van der Waals surface area (Å²) in [7, 11) is 4.13. The minimum Gasteiger partial charge on any atom is -0.308 e. The van der Waals surface area contributed by atoms with Crippen molar-refractivity contribution in [3.63, 3.8) is 0 Å². The molecule has 0 bridgehead atoms. The second-order valence-corrected chi connectivity index (χ2v) is 3.64. The Kier molecular flexibility index (Phi) is 4.33. The van der Waals surface area contributed by atoms with Crippen molar-refractivity contribution in [3.05, 3.63) is 35.9 Å². The fourth-order valence-corrected chi connectivity index (χ4v) is 1.19. The molecule has 0 N–H and O–H groups in total. The Balaban J connectivity index is 2.53. The van der Waals surface area contributed by atoms with Crippen LogP contribution in [0.3, 0.4) is 0 Å². The molecular formula is C12H18N2. The van der Waals surface area contributed by atoms with Gasteiger partial charge in [0, 0.05) is 12.3 Å². The van der Waals surface area contributed by atoms with Crippen molar-refractivity contribution >= 4 is 5.71 Å². The first-order valence-electron chi connectivity index (χ1n) is 4.91. The molecule has 0 aliphatic rings. The molecule has 1 rings (SSSR count). The van der Waals surface area contributed by atoms with Gasteiger partial charge in [0.2, 0.25) is 0 Å². The molecule has 2 nitrogen and oxygen atoms in total. The lowest BCUT2D eigenvalue weighted by molar-refractivity contribution is 0.420. The standard InChI is InChI=1S/C12H18N2/c1-11(13-9-10-14(2)3)12-7-5-4-6-8-12/h4-8H,9-10H2,1-3H3. The molecule has 0 fully saturated rings. The monoisotopic (exact) mass is 190 g/mol. The molecule has 0 heterocycles. The number of hydrogen-bond acceptors (Lipinski definition) is 2. The summed E-state index contributed by atoms with van der Waals surface area (Å²) in [6, 6.07) is 10.3. The van der Waals surface area contributed by atoms with Crippen LogP contribution >= 0.6 is 0 Å². The lowest BCUT2D eigenvalue weighted by Crippen LogP contribution is -2.16. The molecule has 2 heteroatoms. The van der Waals surface area contributed by atoms with E-state index in [0.29, 0.717) is 0 Å². The van der Waals surface area contributed by atoms with Crippen molar-refractivity contribution < 1.29 is 0 Å². The number of nitrogens with zero attached hydrogens (tertiary/aromatic N) is 2. The first-order chi connectivity index (χ1) is 6.70. The first kappa shape index (κ1) is 10.9. The summed E-state index contributed by atoms with van der Waals surface area (Å²) in [4.78, 5) is 6.65. The van der Waals surface area contributed by atoms with Gasteiger partial charge in [0.25, 0.3) is 0 Å². The molecule has 0 spiro atoms. The van der Waals surface area contributed by atoms with Crippen LogP contribution in [0.1, 0.15) is 12.5 Å². The predicted octanol–water partition coefficient (Wildman–Crippen LogP) is 2.06. The van der Waals surface area contributed by atoms with E-state index < -0.39 is 0 Å². The fraction of sp³-hybridized carbons (Fsp3) is 0.417. The molecule has 0 atom stereocenters. The Bertz CT molecular complexity index is 288. The third-order valence-corrected chi connectivity index (χ3v) is 2.09. The number of benzene rings is 1. The number of rotatable bonds is 4. The van der Waals surface area contributed by atoms with Crippen LogP contribution < -0.4 is 0 Å². The van der Waals surface area contributed by atoms with Gasteiger partial charge in [-0.1, -0.05) is 30.3 Å². The predicted molar refractivity (Wildman–Crippen MR) is 62.1 cm³/mol. The maximum Gasteiger partial charge on any atom is 0.0519 e. The zero-order chi connectivity index (χ0) is 10.4. The highest BCUT2D eigenvalue weighted by Gasteiger charge is 1.94. The molecule has 0 saturated heterocycles. The van der Waals surface area contributed by atoms with Crippen LogP contribution in [0.25, 0.3) is 0 Å². The molecule has 0 saturated carbocycles. The summed E-state index contributed by atoms with van der Waals surface area (Å²) >= 11 is 0. The minimum atomic E-state index is 0.869. The summed E-state index contributed by atoms with van der Waals surface area (Å²) in [5.41, 5.74) is 2.33. The topological polar surface area (TPSA) is 15.6 Å². The van der Waals surface area contributed by atoms with E-state index in [1.165, 1.54) is 5.56 Å². The van der Waals surface area contributed by atoms with Crippen LogP contribution in [-0.2, 0) is 0 Å². The zero-order valence-corrected chi connectivity index (χ0v) is 9.20. The van der Waals surface area contributed by atoms with Crippen LogP contribution in [0.15, 0.2) is 35.3 Å². The molecule has 1 aromatic carbocycles. The molecule has 0 aromatic heterocycles. The Labute approximate surface area is 86.3 Å². The van der Waals surface area contributed by atoms with Crippen LogP contribution in [-0.4, -0.2) is 37.8 Å². The summed E-state index contributed by atoms with van der Waals surface area (Å²) in [5.74, 6) is 0. The van der Waals surface area contributed by atoms with E-state index in [-0.39, 0.29) is 0 Å². The Morgan fingerprint density at radius 3 is 2.43 bits per heavy atom. The third-order valence-electron chi connectivity index (χ3n) is 2.09. The summed E-state index contributed by atoms with van der Waals surface area (Å²) in [6.07, 6.45) is 0. The van der Waals surface area contributed by atoms with E-state index in [4.69, 9.17) is 0 Å². The Hall–Kier alpha value is -1.15. The Morgan fingerprint density at radius 2 is 1.86 bits per heavy atom. The maximum absolute atomic E-state index is 4.51. The van der Waals surface area contributed by atoms with Gasteiger partial charge in [0.15, 0.2) is 0 Å². The smallest absolute Gasteiger partial charge is 0.0519 e. The average Bonchev–Trinajstić information content (AvgIpc) is 2.18. The van der Waals surface area contributed by atoms with Gasteiger partial charge in [0.05, 0.1) is 6.54 Å². The van der Waals surface area contributed by atoms with E-state index in [2.05, 4.69) is 43.0 Å². The molecule has 0 amide bonds. The number of hydrogen-bond donors (Lipinski definition) is 0. The molecular weight excluding hydrogens is 172 g/mol. The third kappa shape index (κ3) is 3.71. The van der Waals surface area contributed by atoms with Crippen molar-refractivity contribution in [2.24, 2.45) is 4.99 Å². The lowest BCUT2D eigenvalue weighted by atomic mass is 10.1. The molecule has 1 aromatic rings. The largest absolute Gasteiger partial charge is 0.308 e. The molecule has 14 heavy (non-hydrogen) atoms. The van der Waals surface area contributed by atoms with Crippen molar-refractivity contribution in [3.8, 4) is 0 Å². The van der Waals surface area contributed by atoms with Crippen molar-refractivity contribution in [2.45, 2.75) is 6.92 Å². The average molecular weight is 190 g/mol. The van der Waals surface area contributed by atoms with Crippen molar-refractivity contribution in [1.82, 2.24) is 4.90 Å². The molecule has 0 aliphatic heterocycles. The summed E-state index contributed by atoms with van der Waals surface area (Å²) in [5, 5.41) is 0. The van der Waals surface area contributed by atoms with Gasteiger partial charge in [-0.3, -0.25) is 4.99 Å². The van der Waals surface area contributed by atoms with Gasteiger partial charge in [-0.15, -0.1) is 0 Å². The molecule has 0 unspecified atom stereocenters. The van der Waals surface area contributed by atoms with E-state index in [0.717, 1.165) is 18.8 Å². The number of likely N-dealkylation sites (N-methyl/N-ethyl adjacent to an activating group) is 1. The highest BCUT2D eigenvalue weighted by molar-refractivity contribution is 5.98. The normalized spacial score (nSPS) is 12.1. The minimum absolute atomic E-state index is 0.869. The van der Waals surface area contributed by atoms with Gasteiger partial charge in [-0.25, -0.2) is 0 Å². The highest BCUT2D eigenvalue weighted by Crippen LogP contribution is 2.00. The lowest BCUT2D eigenvalue weighted by Gasteiger charge is -2.07. The van der Waals surface area contributed by atoms with Crippen LogP contribution in [0.2, 0.25) is 0 Å². The van der Waals surface area contributed by atoms with Gasteiger partial charge >= 0.3 is 0 Å². The molecule has 0 aliphatic carbocycles. The van der Waals surface area contributed by atoms with Crippen molar-refractivity contribution in [1.29, 1.82) is 0 Å². The second-order valence-electron chi connectivity index (χ2n) is 3.64. The summed E-state index contributed by atoms with van der Waals surface area (Å²) < 4.78 is 0. The summed E-state index contributed by atoms with van der Waals surface area (Å²) in [6.45, 7) is 3.93. The van der Waals surface area contributed by atoms with Crippen LogP contribution in [0.5, 0.6) is 0 Å². The van der Waals surface area contributed by atoms with Crippen LogP contribution in [0, 0.1) is 0 Å². The van der Waals surface area contributed by atoms with Gasteiger partial charge < -0.3 is 4.90 Å². The quantitative estimate of drug-likeness (QED) is 0.663. The first-order valence-corrected chi connectivity index (χ1v) is 4.91. The van der Waals surface area contributed by atoms with Gasteiger partial charge in [0.1, 0.15) is 0 Å². The zero-order valence-electron chi connectivity index (χ0n) is 9.20. The maximum atomic E-state index is 4.51. The van der Waals surface area contributed by atoms with E-state index in [1.807, 2.05) is 18.2 Å². The van der Waals surface area contributed by atoms with Gasteiger partial charge in [-0.05, 0) is 26.6 Å².